The number of aromatic nitrogens is 3. The van der Waals surface area contributed by atoms with Gasteiger partial charge >= 0.3 is 5.69 Å². The Morgan fingerprint density at radius 2 is 2.00 bits per heavy atom. The summed E-state index contributed by atoms with van der Waals surface area (Å²) in [7, 11) is 0. The number of hydrogen-bond donors (Lipinski definition) is 1. The first-order chi connectivity index (χ1) is 12.4. The van der Waals surface area contributed by atoms with Gasteiger partial charge < -0.3 is 10.6 Å². The molecule has 2 amide bonds. The number of carbonyl (C=O) groups excluding carboxylic acids is 2. The van der Waals surface area contributed by atoms with Crippen LogP contribution in [0.25, 0.3) is 5.69 Å². The molecule has 26 heavy (non-hydrogen) atoms. The largest absolute Gasteiger partial charge is 0.369 e. The zero-order valence-electron chi connectivity index (χ0n) is 14.2. The number of primary amides is 1. The molecule has 10 heteroatoms. The van der Waals surface area contributed by atoms with E-state index in [2.05, 4.69) is 10.1 Å². The summed E-state index contributed by atoms with van der Waals surface area (Å²) in [5, 5.41) is 14.7. The molecule has 2 N–H and O–H groups in total. The SMILES string of the molecule is Cc1ncc(-n2cc([N+](=O)[O-])cn2)cc1C(=O)N1CCC(C(N)=O)CC1. The van der Waals surface area contributed by atoms with Crippen molar-refractivity contribution in [1.82, 2.24) is 19.7 Å². The summed E-state index contributed by atoms with van der Waals surface area (Å²) in [6.45, 7) is 2.62. The van der Waals surface area contributed by atoms with E-state index in [0.717, 1.165) is 6.20 Å². The molecule has 1 aliphatic heterocycles. The summed E-state index contributed by atoms with van der Waals surface area (Å²) in [5.41, 5.74) is 6.59. The molecule has 0 atom stereocenters. The fourth-order valence-corrected chi connectivity index (χ4v) is 2.95. The molecule has 2 aromatic heterocycles. The van der Waals surface area contributed by atoms with E-state index >= 15 is 0 Å². The lowest BCUT2D eigenvalue weighted by atomic mass is 9.95. The Bertz CT molecular complexity index is 869. The van der Waals surface area contributed by atoms with Gasteiger partial charge in [0.25, 0.3) is 5.91 Å². The number of nitrogens with zero attached hydrogens (tertiary/aromatic N) is 5. The predicted molar refractivity (Wildman–Crippen MR) is 90.6 cm³/mol. The first kappa shape index (κ1) is 17.5. The Hall–Kier alpha value is -3.30. The van der Waals surface area contributed by atoms with E-state index in [0.29, 0.717) is 42.9 Å². The molecule has 0 aliphatic carbocycles. The number of amides is 2. The standard InChI is InChI=1S/C16H18N6O4/c1-10-14(16(24)20-4-2-11(3-5-20)15(17)23)6-12(7-18-10)21-9-13(8-19-21)22(25)26/h6-9,11H,2-5H2,1H3,(H2,17,23). The third-order valence-electron chi connectivity index (χ3n) is 4.53. The van der Waals surface area contributed by atoms with Crippen LogP contribution in [-0.2, 0) is 4.79 Å². The number of likely N-dealkylation sites (tertiary alicyclic amines) is 1. The quantitative estimate of drug-likeness (QED) is 0.634. The summed E-state index contributed by atoms with van der Waals surface area (Å²) in [5.74, 6) is -0.729. The summed E-state index contributed by atoms with van der Waals surface area (Å²) < 4.78 is 1.31. The molecule has 3 rings (SSSR count). The molecule has 0 aromatic carbocycles. The van der Waals surface area contributed by atoms with Crippen LogP contribution in [0.5, 0.6) is 0 Å². The lowest BCUT2D eigenvalue weighted by Crippen LogP contribution is -2.42. The molecule has 1 saturated heterocycles. The van der Waals surface area contributed by atoms with Crippen molar-refractivity contribution in [2.75, 3.05) is 13.1 Å². The molecular formula is C16H18N6O4. The molecule has 0 radical (unpaired) electrons. The van der Waals surface area contributed by atoms with Crippen LogP contribution in [0.4, 0.5) is 5.69 Å². The molecular weight excluding hydrogens is 340 g/mol. The number of nitro groups is 1. The number of carbonyl (C=O) groups is 2. The van der Waals surface area contributed by atoms with Crippen molar-refractivity contribution in [2.24, 2.45) is 11.7 Å². The van der Waals surface area contributed by atoms with E-state index in [-0.39, 0.29) is 23.4 Å². The monoisotopic (exact) mass is 358 g/mol. The highest BCUT2D eigenvalue weighted by Gasteiger charge is 2.27. The highest BCUT2D eigenvalue weighted by atomic mass is 16.6. The van der Waals surface area contributed by atoms with Crippen molar-refractivity contribution < 1.29 is 14.5 Å². The molecule has 10 nitrogen and oxygen atoms in total. The normalized spacial score (nSPS) is 15.0. The Labute approximate surface area is 148 Å². The number of pyridine rings is 1. The minimum atomic E-state index is -0.542. The van der Waals surface area contributed by atoms with Crippen molar-refractivity contribution in [1.29, 1.82) is 0 Å². The fraction of sp³-hybridized carbons (Fsp3) is 0.375. The van der Waals surface area contributed by atoms with Gasteiger partial charge in [-0.15, -0.1) is 0 Å². The molecule has 1 fully saturated rings. The average Bonchev–Trinajstić information content (AvgIpc) is 3.12. The van der Waals surface area contributed by atoms with Gasteiger partial charge in [-0.05, 0) is 25.8 Å². The van der Waals surface area contributed by atoms with Gasteiger partial charge in [0.1, 0.15) is 12.4 Å². The Kier molecular flexibility index (Phi) is 4.65. The van der Waals surface area contributed by atoms with E-state index < -0.39 is 4.92 Å². The maximum absolute atomic E-state index is 12.8. The average molecular weight is 358 g/mol. The minimum absolute atomic E-state index is 0.146. The fourth-order valence-electron chi connectivity index (χ4n) is 2.95. The van der Waals surface area contributed by atoms with E-state index in [1.54, 1.807) is 17.9 Å². The zero-order chi connectivity index (χ0) is 18.8. The van der Waals surface area contributed by atoms with E-state index in [1.165, 1.54) is 17.1 Å². The minimum Gasteiger partial charge on any atom is -0.369 e. The van der Waals surface area contributed by atoms with E-state index in [9.17, 15) is 19.7 Å². The van der Waals surface area contributed by atoms with E-state index in [4.69, 9.17) is 5.73 Å². The molecule has 2 aromatic rings. The summed E-state index contributed by atoms with van der Waals surface area (Å²) >= 11 is 0. The van der Waals surface area contributed by atoms with Crippen molar-refractivity contribution in [3.05, 3.63) is 46.0 Å². The van der Waals surface area contributed by atoms with E-state index in [1.807, 2.05) is 0 Å². The third kappa shape index (κ3) is 3.39. The summed E-state index contributed by atoms with van der Waals surface area (Å²) in [6.07, 6.45) is 4.98. The van der Waals surface area contributed by atoms with Gasteiger partial charge in [-0.3, -0.25) is 24.7 Å². The molecule has 136 valence electrons. The van der Waals surface area contributed by atoms with Gasteiger partial charge in [-0.2, -0.15) is 5.10 Å². The van der Waals surface area contributed by atoms with Crippen LogP contribution in [0.3, 0.4) is 0 Å². The second-order valence-corrected chi connectivity index (χ2v) is 6.20. The van der Waals surface area contributed by atoms with Gasteiger partial charge in [0.05, 0.1) is 28.1 Å². The highest BCUT2D eigenvalue weighted by molar-refractivity contribution is 5.96. The van der Waals surface area contributed by atoms with Crippen LogP contribution in [0.2, 0.25) is 0 Å². The van der Waals surface area contributed by atoms with Crippen molar-refractivity contribution in [3.63, 3.8) is 0 Å². The second kappa shape index (κ2) is 6.90. The van der Waals surface area contributed by atoms with Crippen molar-refractivity contribution >= 4 is 17.5 Å². The maximum atomic E-state index is 12.8. The number of piperidine rings is 1. The lowest BCUT2D eigenvalue weighted by Gasteiger charge is -2.30. The number of nitrogens with two attached hydrogens (primary N) is 1. The Morgan fingerprint density at radius 1 is 1.31 bits per heavy atom. The highest BCUT2D eigenvalue weighted by Crippen LogP contribution is 2.21. The molecule has 0 saturated carbocycles. The van der Waals surface area contributed by atoms with Crippen molar-refractivity contribution in [3.8, 4) is 5.69 Å². The number of hydrogen-bond acceptors (Lipinski definition) is 6. The van der Waals surface area contributed by atoms with Crippen LogP contribution in [0, 0.1) is 23.0 Å². The van der Waals surface area contributed by atoms with Gasteiger partial charge in [0.15, 0.2) is 0 Å². The van der Waals surface area contributed by atoms with Crippen LogP contribution in [0.1, 0.15) is 28.9 Å². The molecule has 0 unspecified atom stereocenters. The topological polar surface area (TPSA) is 137 Å². The van der Waals surface area contributed by atoms with Gasteiger partial charge in [0.2, 0.25) is 5.91 Å². The third-order valence-corrected chi connectivity index (χ3v) is 4.53. The van der Waals surface area contributed by atoms with Crippen LogP contribution in [-0.4, -0.2) is 49.5 Å². The summed E-state index contributed by atoms with van der Waals surface area (Å²) in [6, 6.07) is 1.61. The van der Waals surface area contributed by atoms with Gasteiger partial charge in [-0.1, -0.05) is 0 Å². The molecule has 3 heterocycles. The predicted octanol–water partition coefficient (Wildman–Crippen LogP) is 0.821. The zero-order valence-corrected chi connectivity index (χ0v) is 14.2. The van der Waals surface area contributed by atoms with Gasteiger partial charge in [-0.25, -0.2) is 4.68 Å². The van der Waals surface area contributed by atoms with Crippen LogP contribution < -0.4 is 5.73 Å². The maximum Gasteiger partial charge on any atom is 0.307 e. The number of aryl methyl sites for hydroxylation is 1. The van der Waals surface area contributed by atoms with Gasteiger partial charge in [0, 0.05) is 19.0 Å². The Balaban J connectivity index is 1.82. The van der Waals surface area contributed by atoms with Crippen molar-refractivity contribution in [2.45, 2.75) is 19.8 Å². The molecule has 0 bridgehead atoms. The van der Waals surface area contributed by atoms with Crippen LogP contribution >= 0.6 is 0 Å². The molecule has 1 aliphatic rings. The smallest absolute Gasteiger partial charge is 0.307 e. The number of rotatable bonds is 4. The Morgan fingerprint density at radius 3 is 2.58 bits per heavy atom. The lowest BCUT2D eigenvalue weighted by molar-refractivity contribution is -0.384. The van der Waals surface area contributed by atoms with Crippen LogP contribution in [0.15, 0.2) is 24.7 Å². The first-order valence-corrected chi connectivity index (χ1v) is 8.11. The first-order valence-electron chi connectivity index (χ1n) is 8.11. The molecule has 0 spiro atoms. The summed E-state index contributed by atoms with van der Waals surface area (Å²) in [4.78, 5) is 40.2. The second-order valence-electron chi connectivity index (χ2n) is 6.20.